The first-order valence-corrected chi connectivity index (χ1v) is 21.1. The van der Waals surface area contributed by atoms with Crippen molar-refractivity contribution >= 4 is 33.8 Å². The molecule has 0 saturated heterocycles. The fourth-order valence-corrected chi connectivity index (χ4v) is 17.2. The molecule has 24 heavy (non-hydrogen) atoms. The lowest BCUT2D eigenvalue weighted by Crippen LogP contribution is -2.60. The Bertz CT molecular complexity index is 320. The molecule has 0 fully saturated rings. The van der Waals surface area contributed by atoms with Crippen LogP contribution in [-0.4, -0.2) is 56.7 Å². The van der Waals surface area contributed by atoms with Gasteiger partial charge >= 0.3 is 8.80 Å². The summed E-state index contributed by atoms with van der Waals surface area (Å²) >= 11 is 0. The van der Waals surface area contributed by atoms with Crippen LogP contribution in [0.4, 0.5) is 0 Å². The minimum Gasteiger partial charge on any atom is -0.417 e. The molecule has 0 spiro atoms. The predicted octanol–water partition coefficient (Wildman–Crippen LogP) is 4.00. The zero-order valence-electron chi connectivity index (χ0n) is 17.2. The SMILES string of the molecule is C[Si](C)(C)O[Si](CCCCC(O)CO)(O[Si](C)(C)C)O[Si](C)(C)C. The van der Waals surface area contributed by atoms with Gasteiger partial charge in [-0.1, -0.05) is 6.42 Å². The molecule has 0 aromatic heterocycles. The molecule has 5 nitrogen and oxygen atoms in total. The predicted molar refractivity (Wildman–Crippen MR) is 111 cm³/mol. The van der Waals surface area contributed by atoms with E-state index in [1.165, 1.54) is 0 Å². The topological polar surface area (TPSA) is 68.2 Å². The summed E-state index contributed by atoms with van der Waals surface area (Å²) in [7, 11) is -8.19. The van der Waals surface area contributed by atoms with Gasteiger partial charge in [0.05, 0.1) is 12.7 Å². The monoisotopic (exact) mass is 412 g/mol. The highest BCUT2D eigenvalue weighted by Gasteiger charge is 2.49. The summed E-state index contributed by atoms with van der Waals surface area (Å²) in [5.41, 5.74) is 0. The zero-order valence-corrected chi connectivity index (χ0v) is 21.2. The van der Waals surface area contributed by atoms with Crippen molar-refractivity contribution in [2.75, 3.05) is 6.61 Å². The Morgan fingerprint density at radius 1 is 0.708 bits per heavy atom. The Balaban J connectivity index is 5.24. The Labute approximate surface area is 153 Å². The number of unbranched alkanes of at least 4 members (excludes halogenated alkanes) is 1. The van der Waals surface area contributed by atoms with Gasteiger partial charge in [-0.15, -0.1) is 0 Å². The lowest BCUT2D eigenvalue weighted by molar-refractivity contribution is 0.0861. The molecule has 146 valence electrons. The molecule has 9 heteroatoms. The third kappa shape index (κ3) is 12.9. The maximum Gasteiger partial charge on any atom is 0.469 e. The number of hydrogen-bond acceptors (Lipinski definition) is 5. The summed E-state index contributed by atoms with van der Waals surface area (Å²) in [6.07, 6.45) is 1.71. The van der Waals surface area contributed by atoms with E-state index in [9.17, 15) is 5.11 Å². The second kappa shape index (κ2) is 9.56. The quantitative estimate of drug-likeness (QED) is 0.374. The van der Waals surface area contributed by atoms with Gasteiger partial charge in [-0.05, 0) is 71.8 Å². The van der Waals surface area contributed by atoms with E-state index in [1.807, 2.05) is 0 Å². The largest absolute Gasteiger partial charge is 0.469 e. The molecular weight excluding hydrogens is 373 g/mol. The molecule has 2 N–H and O–H groups in total. The highest BCUT2D eigenvalue weighted by Crippen LogP contribution is 2.30. The van der Waals surface area contributed by atoms with Crippen LogP contribution in [0.2, 0.25) is 65.0 Å². The van der Waals surface area contributed by atoms with E-state index < -0.39 is 39.9 Å². The van der Waals surface area contributed by atoms with E-state index in [2.05, 4.69) is 58.9 Å². The highest BCUT2D eigenvalue weighted by molar-refractivity contribution is 6.90. The zero-order chi connectivity index (χ0) is 19.2. The van der Waals surface area contributed by atoms with E-state index in [1.54, 1.807) is 0 Å². The molecule has 0 saturated carbocycles. The van der Waals surface area contributed by atoms with Gasteiger partial charge in [0.2, 0.25) is 0 Å². The highest BCUT2D eigenvalue weighted by atomic mass is 28.5. The first kappa shape index (κ1) is 24.7. The van der Waals surface area contributed by atoms with Crippen molar-refractivity contribution in [3.05, 3.63) is 0 Å². The number of rotatable bonds is 12. The van der Waals surface area contributed by atoms with Crippen LogP contribution >= 0.6 is 0 Å². The van der Waals surface area contributed by atoms with Crippen LogP contribution < -0.4 is 0 Å². The van der Waals surface area contributed by atoms with E-state index in [0.29, 0.717) is 6.42 Å². The van der Waals surface area contributed by atoms with Crippen LogP contribution in [0.25, 0.3) is 0 Å². The average molecular weight is 413 g/mol. The molecule has 0 aliphatic heterocycles. The summed E-state index contributed by atoms with van der Waals surface area (Å²) in [6.45, 7) is 19.5. The Kier molecular flexibility index (Phi) is 9.82. The van der Waals surface area contributed by atoms with Gasteiger partial charge in [0.15, 0.2) is 25.0 Å². The van der Waals surface area contributed by atoms with E-state index in [4.69, 9.17) is 17.5 Å². The van der Waals surface area contributed by atoms with Crippen molar-refractivity contribution in [3.63, 3.8) is 0 Å². The van der Waals surface area contributed by atoms with Crippen molar-refractivity contribution < 1.29 is 22.6 Å². The van der Waals surface area contributed by atoms with Gasteiger partial charge in [0.25, 0.3) is 0 Å². The standard InChI is InChI=1S/C15H40O5Si4/c1-21(2,3)18-24(19-22(4,5)6,20-23(7,8)9)13-11-10-12-15(17)14-16/h15-17H,10-14H2,1-9H3. The summed E-state index contributed by atoms with van der Waals surface area (Å²) in [5.74, 6) is 0. The molecule has 1 unspecified atom stereocenters. The maximum absolute atomic E-state index is 9.53. The second-order valence-corrected chi connectivity index (χ2v) is 26.4. The minimum absolute atomic E-state index is 0.176. The Morgan fingerprint density at radius 3 is 1.38 bits per heavy atom. The van der Waals surface area contributed by atoms with Crippen LogP contribution in [0.5, 0.6) is 0 Å². The van der Waals surface area contributed by atoms with Crippen molar-refractivity contribution in [3.8, 4) is 0 Å². The van der Waals surface area contributed by atoms with Crippen molar-refractivity contribution in [1.29, 1.82) is 0 Å². The molecule has 0 aromatic carbocycles. The van der Waals surface area contributed by atoms with Crippen molar-refractivity contribution in [2.24, 2.45) is 0 Å². The van der Waals surface area contributed by atoms with Gasteiger partial charge in [-0.25, -0.2) is 0 Å². The lowest BCUT2D eigenvalue weighted by Gasteiger charge is -2.43. The number of aliphatic hydroxyl groups excluding tert-OH is 2. The fourth-order valence-electron chi connectivity index (χ4n) is 2.43. The van der Waals surface area contributed by atoms with Crippen LogP contribution in [0.1, 0.15) is 19.3 Å². The van der Waals surface area contributed by atoms with Gasteiger partial charge in [-0.2, -0.15) is 0 Å². The number of hydrogen-bond donors (Lipinski definition) is 2. The van der Waals surface area contributed by atoms with Crippen LogP contribution in [0, 0.1) is 0 Å². The fraction of sp³-hybridized carbons (Fsp3) is 1.00. The van der Waals surface area contributed by atoms with Gasteiger partial charge in [0, 0.05) is 6.04 Å². The summed E-state index contributed by atoms with van der Waals surface area (Å²) < 4.78 is 19.8. The summed E-state index contributed by atoms with van der Waals surface area (Å²) in [6, 6.07) is 0.796. The Morgan fingerprint density at radius 2 is 1.08 bits per heavy atom. The van der Waals surface area contributed by atoms with Gasteiger partial charge in [0.1, 0.15) is 0 Å². The van der Waals surface area contributed by atoms with E-state index in [-0.39, 0.29) is 6.61 Å². The van der Waals surface area contributed by atoms with Crippen LogP contribution in [0.15, 0.2) is 0 Å². The minimum atomic E-state index is -2.74. The maximum atomic E-state index is 9.53. The molecule has 0 aliphatic carbocycles. The second-order valence-electron chi connectivity index (χ2n) is 9.41. The summed E-state index contributed by atoms with van der Waals surface area (Å²) in [4.78, 5) is 0. The van der Waals surface area contributed by atoms with E-state index >= 15 is 0 Å². The molecule has 0 bridgehead atoms. The summed E-state index contributed by atoms with van der Waals surface area (Å²) in [5, 5.41) is 18.5. The van der Waals surface area contributed by atoms with Gasteiger partial charge in [-0.3, -0.25) is 0 Å². The van der Waals surface area contributed by atoms with Crippen LogP contribution in [0.3, 0.4) is 0 Å². The molecule has 1 atom stereocenters. The Hall–Kier alpha value is 0.668. The average Bonchev–Trinajstić information content (AvgIpc) is 2.27. The molecule has 0 heterocycles. The molecule has 0 aliphatic rings. The molecule has 0 aromatic rings. The third-order valence-corrected chi connectivity index (χ3v) is 14.9. The molecule has 0 rings (SSSR count). The van der Waals surface area contributed by atoms with Crippen LogP contribution in [-0.2, 0) is 12.3 Å². The van der Waals surface area contributed by atoms with Gasteiger partial charge < -0.3 is 22.6 Å². The molecule has 0 amide bonds. The van der Waals surface area contributed by atoms with E-state index in [0.717, 1.165) is 18.9 Å². The van der Waals surface area contributed by atoms with Crippen molar-refractivity contribution in [2.45, 2.75) is 90.3 Å². The third-order valence-electron chi connectivity index (χ3n) is 2.87. The first-order valence-electron chi connectivity index (χ1n) is 8.97. The normalized spacial score (nSPS) is 15.6. The molecule has 0 radical (unpaired) electrons. The molecular formula is C15H40O5Si4. The smallest absolute Gasteiger partial charge is 0.417 e. The lowest BCUT2D eigenvalue weighted by atomic mass is 10.2. The first-order chi connectivity index (χ1) is 10.6. The van der Waals surface area contributed by atoms with Crippen molar-refractivity contribution in [1.82, 2.24) is 0 Å². The number of aliphatic hydroxyl groups is 2.